The van der Waals surface area contributed by atoms with Crippen LogP contribution in [0.3, 0.4) is 0 Å². The molecule has 0 bridgehead atoms. The van der Waals surface area contributed by atoms with Crippen molar-refractivity contribution in [2.75, 3.05) is 19.7 Å². The van der Waals surface area contributed by atoms with Gasteiger partial charge in [-0.3, -0.25) is 4.79 Å². The van der Waals surface area contributed by atoms with E-state index in [1.165, 1.54) is 4.90 Å². The van der Waals surface area contributed by atoms with Crippen molar-refractivity contribution in [3.63, 3.8) is 0 Å². The molecule has 156 valence electrons. The number of pyridine rings is 1. The highest BCUT2D eigenvalue weighted by Crippen LogP contribution is 2.31. The first-order valence-corrected chi connectivity index (χ1v) is 9.39. The average molecular weight is 415 g/mol. The second kappa shape index (κ2) is 7.83. The first kappa shape index (κ1) is 20.0. The Morgan fingerprint density at radius 2 is 2.07 bits per heavy atom. The molecular formula is C21H19F2N3O4. The van der Waals surface area contributed by atoms with Crippen LogP contribution in [0.5, 0.6) is 0 Å². The lowest BCUT2D eigenvalue weighted by atomic mass is 10.0. The number of amides is 1. The molecule has 0 saturated carbocycles. The number of aldehydes is 1. The normalized spacial score (nSPS) is 16.8. The fourth-order valence-corrected chi connectivity index (χ4v) is 3.71. The Hall–Kier alpha value is -3.33. The lowest BCUT2D eigenvalue weighted by molar-refractivity contribution is -0.0214. The number of halogens is 2. The number of aryl methyl sites for hydroxylation is 1. The molecule has 1 N–H and O–H groups in total. The van der Waals surface area contributed by atoms with Crippen molar-refractivity contribution in [3.05, 3.63) is 58.9 Å². The molecule has 3 aromatic rings. The molecule has 1 amide bonds. The van der Waals surface area contributed by atoms with Crippen molar-refractivity contribution in [3.8, 4) is 11.3 Å². The van der Waals surface area contributed by atoms with Gasteiger partial charge in [0.1, 0.15) is 23.6 Å². The van der Waals surface area contributed by atoms with E-state index in [0.29, 0.717) is 17.6 Å². The third-order valence-electron chi connectivity index (χ3n) is 5.15. The molecule has 1 unspecified atom stereocenters. The number of hydrogen-bond donors (Lipinski definition) is 1. The Kier molecular flexibility index (Phi) is 5.21. The smallest absolute Gasteiger partial charge is 0.407 e. The third-order valence-corrected chi connectivity index (χ3v) is 5.15. The maximum absolute atomic E-state index is 14.8. The number of imidazole rings is 1. The topological polar surface area (TPSA) is 84.1 Å². The summed E-state index contributed by atoms with van der Waals surface area (Å²) in [5.74, 6) is -1.79. The Morgan fingerprint density at radius 3 is 2.73 bits per heavy atom. The van der Waals surface area contributed by atoms with Crippen LogP contribution < -0.4 is 0 Å². The molecule has 2 aromatic heterocycles. The third kappa shape index (κ3) is 3.63. The summed E-state index contributed by atoms with van der Waals surface area (Å²) in [7, 11) is 0. The van der Waals surface area contributed by atoms with E-state index in [-0.39, 0.29) is 42.9 Å². The largest absolute Gasteiger partial charge is 0.465 e. The molecule has 0 aliphatic carbocycles. The van der Waals surface area contributed by atoms with Crippen molar-refractivity contribution in [1.82, 2.24) is 14.3 Å². The predicted octanol–water partition coefficient (Wildman–Crippen LogP) is 3.32. The van der Waals surface area contributed by atoms with Gasteiger partial charge in [0.05, 0.1) is 36.2 Å². The Labute approximate surface area is 170 Å². The number of morpholine rings is 1. The van der Waals surface area contributed by atoms with Gasteiger partial charge in [0.2, 0.25) is 0 Å². The number of carbonyl (C=O) groups excluding carboxylic acids is 1. The van der Waals surface area contributed by atoms with Gasteiger partial charge in [0, 0.05) is 24.7 Å². The molecular weight excluding hydrogens is 396 g/mol. The minimum atomic E-state index is -1.04. The number of nitrogens with zero attached hydrogens (tertiary/aromatic N) is 3. The highest BCUT2D eigenvalue weighted by molar-refractivity contribution is 5.78. The summed E-state index contributed by atoms with van der Waals surface area (Å²) in [6.07, 6.45) is 0.802. The van der Waals surface area contributed by atoms with Crippen LogP contribution in [0.25, 0.3) is 16.9 Å². The van der Waals surface area contributed by atoms with Gasteiger partial charge >= 0.3 is 6.09 Å². The zero-order chi connectivity index (χ0) is 21.4. The maximum atomic E-state index is 14.8. The molecule has 30 heavy (non-hydrogen) atoms. The number of fused-ring (bicyclic) bond motifs is 1. The Morgan fingerprint density at radius 1 is 1.33 bits per heavy atom. The molecule has 1 saturated heterocycles. The van der Waals surface area contributed by atoms with Gasteiger partial charge in [0.25, 0.3) is 0 Å². The summed E-state index contributed by atoms with van der Waals surface area (Å²) in [6.45, 7) is 2.52. The number of benzene rings is 1. The number of carbonyl (C=O) groups is 2. The number of rotatable bonds is 4. The molecule has 1 aliphatic heterocycles. The van der Waals surface area contributed by atoms with Crippen LogP contribution in [-0.2, 0) is 11.2 Å². The summed E-state index contributed by atoms with van der Waals surface area (Å²) in [5, 5.41) is 9.26. The highest BCUT2D eigenvalue weighted by Gasteiger charge is 2.28. The first-order valence-electron chi connectivity index (χ1n) is 9.39. The molecule has 9 heteroatoms. The number of carboxylic acid groups (broad SMARTS) is 1. The van der Waals surface area contributed by atoms with E-state index >= 15 is 0 Å². The van der Waals surface area contributed by atoms with E-state index in [0.717, 1.165) is 17.7 Å². The summed E-state index contributed by atoms with van der Waals surface area (Å²) >= 11 is 0. The van der Waals surface area contributed by atoms with E-state index in [1.807, 2.05) is 13.0 Å². The summed E-state index contributed by atoms with van der Waals surface area (Å²) in [6, 6.07) is 5.56. The van der Waals surface area contributed by atoms with Crippen molar-refractivity contribution in [2.45, 2.75) is 19.4 Å². The van der Waals surface area contributed by atoms with Gasteiger partial charge in [0.15, 0.2) is 0 Å². The van der Waals surface area contributed by atoms with Gasteiger partial charge < -0.3 is 19.1 Å². The molecule has 0 spiro atoms. The monoisotopic (exact) mass is 415 g/mol. The molecule has 1 aromatic carbocycles. The number of ether oxygens (including phenoxy) is 1. The van der Waals surface area contributed by atoms with Crippen LogP contribution in [0.4, 0.5) is 13.6 Å². The fraction of sp³-hybridized carbons (Fsp3) is 0.286. The molecule has 4 rings (SSSR count). The van der Waals surface area contributed by atoms with Gasteiger partial charge in [-0.15, -0.1) is 0 Å². The lowest BCUT2D eigenvalue weighted by Crippen LogP contribution is -2.45. The van der Waals surface area contributed by atoms with E-state index in [2.05, 4.69) is 4.98 Å². The second-order valence-electron chi connectivity index (χ2n) is 7.24. The first-order chi connectivity index (χ1) is 14.4. The minimum Gasteiger partial charge on any atom is -0.465 e. The van der Waals surface area contributed by atoms with Crippen LogP contribution in [0.1, 0.15) is 21.6 Å². The quantitative estimate of drug-likeness (QED) is 0.661. The number of aromatic nitrogens is 2. The van der Waals surface area contributed by atoms with E-state index in [1.54, 1.807) is 16.7 Å². The van der Waals surface area contributed by atoms with Gasteiger partial charge in [-0.05, 0) is 36.8 Å². The van der Waals surface area contributed by atoms with Crippen molar-refractivity contribution in [2.24, 2.45) is 0 Å². The van der Waals surface area contributed by atoms with Gasteiger partial charge in [-0.2, -0.15) is 0 Å². The molecule has 7 nitrogen and oxygen atoms in total. The predicted molar refractivity (Wildman–Crippen MR) is 104 cm³/mol. The Bertz CT molecular complexity index is 1120. The van der Waals surface area contributed by atoms with Crippen molar-refractivity contribution < 1.29 is 28.2 Å². The standard InChI is InChI=1S/C21H19F2N3O4/c1-12-2-3-26-17(9-14-10-25(21(28)29)4-5-30-14)20(24-18(26)6-12)19-15(22)7-13(11-27)8-16(19)23/h2-3,6-8,11,14H,4-5,9-10H2,1H3,(H,28,29). The zero-order valence-corrected chi connectivity index (χ0v) is 16.1. The van der Waals surface area contributed by atoms with E-state index in [4.69, 9.17) is 4.74 Å². The average Bonchev–Trinajstić information content (AvgIpc) is 3.04. The molecule has 0 radical (unpaired) electrons. The SMILES string of the molecule is Cc1ccn2c(CC3CN(C(=O)O)CCO3)c(-c3c(F)cc(C=O)cc3F)nc2c1. The van der Waals surface area contributed by atoms with E-state index in [9.17, 15) is 23.5 Å². The molecule has 1 aliphatic rings. The van der Waals surface area contributed by atoms with Crippen LogP contribution in [0, 0.1) is 18.6 Å². The van der Waals surface area contributed by atoms with Crippen LogP contribution in [-0.4, -0.2) is 57.6 Å². The summed E-state index contributed by atoms with van der Waals surface area (Å²) < 4.78 is 36.9. The van der Waals surface area contributed by atoms with Gasteiger partial charge in [-0.1, -0.05) is 0 Å². The van der Waals surface area contributed by atoms with Crippen LogP contribution in [0.15, 0.2) is 30.5 Å². The van der Waals surface area contributed by atoms with Gasteiger partial charge in [-0.25, -0.2) is 18.6 Å². The highest BCUT2D eigenvalue weighted by atomic mass is 19.1. The summed E-state index contributed by atoms with van der Waals surface area (Å²) in [4.78, 5) is 27.9. The molecule has 1 fully saturated rings. The maximum Gasteiger partial charge on any atom is 0.407 e. The second-order valence-corrected chi connectivity index (χ2v) is 7.24. The van der Waals surface area contributed by atoms with Crippen molar-refractivity contribution >= 4 is 18.0 Å². The Balaban J connectivity index is 1.83. The minimum absolute atomic E-state index is 0.101. The fourth-order valence-electron chi connectivity index (χ4n) is 3.71. The number of hydrogen-bond acceptors (Lipinski definition) is 4. The van der Waals surface area contributed by atoms with Crippen molar-refractivity contribution in [1.29, 1.82) is 0 Å². The zero-order valence-electron chi connectivity index (χ0n) is 16.1. The summed E-state index contributed by atoms with van der Waals surface area (Å²) in [5.41, 5.74) is 1.59. The lowest BCUT2D eigenvalue weighted by Gasteiger charge is -2.31. The van der Waals surface area contributed by atoms with Crippen LogP contribution in [0.2, 0.25) is 0 Å². The molecule has 3 heterocycles. The molecule has 1 atom stereocenters. The van der Waals surface area contributed by atoms with Crippen LogP contribution >= 0.6 is 0 Å². The van der Waals surface area contributed by atoms with E-state index < -0.39 is 23.8 Å².